The third-order valence-electron chi connectivity index (χ3n) is 2.58. The summed E-state index contributed by atoms with van der Waals surface area (Å²) >= 11 is 1.59. The van der Waals surface area contributed by atoms with E-state index >= 15 is 0 Å². The van der Waals surface area contributed by atoms with Gasteiger partial charge in [-0.3, -0.25) is 0 Å². The van der Waals surface area contributed by atoms with Crippen LogP contribution in [0.15, 0.2) is 47.8 Å². The lowest BCUT2D eigenvalue weighted by Crippen LogP contribution is -1.93. The van der Waals surface area contributed by atoms with Crippen molar-refractivity contribution in [3.63, 3.8) is 0 Å². The van der Waals surface area contributed by atoms with Crippen molar-refractivity contribution in [1.29, 1.82) is 0 Å². The lowest BCUT2D eigenvalue weighted by atomic mass is 10.2. The molecule has 0 unspecified atom stereocenters. The average Bonchev–Trinajstić information content (AvgIpc) is 2.88. The molecule has 3 aromatic rings. The Labute approximate surface area is 114 Å². The first kappa shape index (κ1) is 12.0. The number of benzene rings is 1. The van der Waals surface area contributed by atoms with Crippen molar-refractivity contribution in [3.8, 4) is 5.88 Å². The highest BCUT2D eigenvalue weighted by atomic mass is 32.2. The number of nitrogens with zero attached hydrogens (tertiary/aromatic N) is 4. The van der Waals surface area contributed by atoms with Crippen LogP contribution in [0.5, 0.6) is 5.88 Å². The fourth-order valence-corrected chi connectivity index (χ4v) is 2.42. The molecule has 0 radical (unpaired) electrons. The van der Waals surface area contributed by atoms with E-state index in [4.69, 9.17) is 4.74 Å². The molecule has 0 aliphatic heterocycles. The molecule has 5 nitrogen and oxygen atoms in total. The van der Waals surface area contributed by atoms with Gasteiger partial charge in [0.05, 0.1) is 7.11 Å². The summed E-state index contributed by atoms with van der Waals surface area (Å²) in [6.07, 6.45) is 1.79. The number of thioether (sulfide) groups is 1. The van der Waals surface area contributed by atoms with Gasteiger partial charge >= 0.3 is 0 Å². The Kier molecular flexibility index (Phi) is 3.33. The first-order valence-corrected chi connectivity index (χ1v) is 6.78. The van der Waals surface area contributed by atoms with Crippen molar-refractivity contribution in [2.45, 2.75) is 10.9 Å². The van der Waals surface area contributed by atoms with Gasteiger partial charge in [-0.25, -0.2) is 4.52 Å². The Bertz CT molecular complexity index is 683. The summed E-state index contributed by atoms with van der Waals surface area (Å²) in [7, 11) is 1.58. The Hall–Kier alpha value is -2.08. The highest BCUT2D eigenvalue weighted by Gasteiger charge is 2.06. The van der Waals surface area contributed by atoms with Crippen molar-refractivity contribution in [1.82, 2.24) is 19.6 Å². The predicted octanol–water partition coefficient (Wildman–Crippen LogP) is 2.43. The fraction of sp³-hybridized carbons (Fsp3) is 0.154. The normalized spacial score (nSPS) is 10.8. The topological polar surface area (TPSA) is 52.3 Å². The van der Waals surface area contributed by atoms with E-state index in [9.17, 15) is 0 Å². The molecule has 0 spiro atoms. The molecule has 0 saturated carbocycles. The maximum Gasteiger partial charge on any atom is 0.256 e. The van der Waals surface area contributed by atoms with Gasteiger partial charge in [-0.2, -0.15) is 9.97 Å². The summed E-state index contributed by atoms with van der Waals surface area (Å²) in [6, 6.07) is 12.0. The SMILES string of the molecule is COc1ccn2nc(SCc3ccccc3)nc2n1. The van der Waals surface area contributed by atoms with E-state index in [-0.39, 0.29) is 0 Å². The van der Waals surface area contributed by atoms with Crippen molar-refractivity contribution in [2.75, 3.05) is 7.11 Å². The van der Waals surface area contributed by atoms with E-state index in [0.29, 0.717) is 16.8 Å². The summed E-state index contributed by atoms with van der Waals surface area (Å²) in [5.74, 6) is 1.93. The van der Waals surface area contributed by atoms with Gasteiger partial charge in [0.2, 0.25) is 11.0 Å². The molecule has 0 aliphatic rings. The van der Waals surface area contributed by atoms with Crippen LogP contribution in [0.2, 0.25) is 0 Å². The van der Waals surface area contributed by atoms with Crippen LogP contribution in [0.25, 0.3) is 5.78 Å². The average molecular weight is 272 g/mol. The van der Waals surface area contributed by atoms with Crippen molar-refractivity contribution >= 4 is 17.5 Å². The Morgan fingerprint density at radius 1 is 1.16 bits per heavy atom. The molecular weight excluding hydrogens is 260 g/mol. The summed E-state index contributed by atoms with van der Waals surface area (Å²) in [5, 5.41) is 5.07. The minimum Gasteiger partial charge on any atom is -0.481 e. The minimum absolute atomic E-state index is 0.541. The number of fused-ring (bicyclic) bond motifs is 1. The van der Waals surface area contributed by atoms with Crippen LogP contribution in [0.4, 0.5) is 0 Å². The van der Waals surface area contributed by atoms with Gasteiger partial charge in [0, 0.05) is 18.0 Å². The largest absolute Gasteiger partial charge is 0.481 e. The lowest BCUT2D eigenvalue weighted by molar-refractivity contribution is 0.397. The molecule has 0 N–H and O–H groups in total. The van der Waals surface area contributed by atoms with E-state index in [1.54, 1.807) is 35.7 Å². The van der Waals surface area contributed by atoms with Crippen LogP contribution in [-0.4, -0.2) is 26.7 Å². The second-order valence-electron chi connectivity index (χ2n) is 3.88. The zero-order valence-corrected chi connectivity index (χ0v) is 11.2. The Balaban J connectivity index is 1.78. The molecule has 0 bridgehead atoms. The Morgan fingerprint density at radius 3 is 2.79 bits per heavy atom. The van der Waals surface area contributed by atoms with Crippen LogP contribution < -0.4 is 4.74 Å². The molecule has 0 amide bonds. The zero-order valence-electron chi connectivity index (χ0n) is 10.4. The van der Waals surface area contributed by atoms with Gasteiger partial charge in [0.25, 0.3) is 5.78 Å². The summed E-state index contributed by atoms with van der Waals surface area (Å²) in [6.45, 7) is 0. The molecule has 19 heavy (non-hydrogen) atoms. The molecule has 0 aliphatic carbocycles. The summed E-state index contributed by atoms with van der Waals surface area (Å²) < 4.78 is 6.71. The van der Waals surface area contributed by atoms with Gasteiger partial charge < -0.3 is 4.74 Å². The molecule has 0 fully saturated rings. The Morgan fingerprint density at radius 2 is 2.00 bits per heavy atom. The number of ether oxygens (including phenoxy) is 1. The molecule has 1 aromatic carbocycles. The van der Waals surface area contributed by atoms with Crippen molar-refractivity contribution < 1.29 is 4.74 Å². The fourth-order valence-electron chi connectivity index (χ4n) is 1.64. The maximum absolute atomic E-state index is 5.06. The van der Waals surface area contributed by atoms with E-state index in [1.807, 2.05) is 18.2 Å². The molecule has 0 atom stereocenters. The predicted molar refractivity (Wildman–Crippen MR) is 73.3 cm³/mol. The first-order valence-electron chi connectivity index (χ1n) is 5.79. The van der Waals surface area contributed by atoms with Crippen LogP contribution in [0, 0.1) is 0 Å². The highest BCUT2D eigenvalue weighted by Crippen LogP contribution is 2.20. The number of aromatic nitrogens is 4. The third kappa shape index (κ3) is 2.68. The van der Waals surface area contributed by atoms with Gasteiger partial charge in [-0.05, 0) is 5.56 Å². The summed E-state index contributed by atoms with van der Waals surface area (Å²) in [4.78, 5) is 8.58. The monoisotopic (exact) mass is 272 g/mol. The van der Waals surface area contributed by atoms with E-state index in [2.05, 4.69) is 27.2 Å². The molecular formula is C13H12N4OS. The molecule has 2 aromatic heterocycles. The van der Waals surface area contributed by atoms with Crippen LogP contribution in [0.1, 0.15) is 5.56 Å². The second-order valence-corrected chi connectivity index (χ2v) is 4.83. The second kappa shape index (κ2) is 5.27. The van der Waals surface area contributed by atoms with Crippen LogP contribution in [0.3, 0.4) is 0 Å². The standard InChI is InChI=1S/C13H12N4OS/c1-18-11-7-8-17-12(14-11)15-13(16-17)19-9-10-5-3-2-4-6-10/h2-8H,9H2,1H3. The molecule has 0 saturated heterocycles. The minimum atomic E-state index is 0.541. The number of rotatable bonds is 4. The zero-order chi connectivity index (χ0) is 13.1. The maximum atomic E-state index is 5.06. The van der Waals surface area contributed by atoms with Gasteiger partial charge in [0.15, 0.2) is 0 Å². The van der Waals surface area contributed by atoms with Gasteiger partial charge in [0.1, 0.15) is 0 Å². The lowest BCUT2D eigenvalue weighted by Gasteiger charge is -1.96. The number of hydrogen-bond acceptors (Lipinski definition) is 5. The molecule has 3 rings (SSSR count). The smallest absolute Gasteiger partial charge is 0.256 e. The van der Waals surface area contributed by atoms with Crippen LogP contribution in [-0.2, 0) is 5.75 Å². The number of hydrogen-bond donors (Lipinski definition) is 0. The van der Waals surface area contributed by atoms with Gasteiger partial charge in [-0.15, -0.1) is 5.10 Å². The van der Waals surface area contributed by atoms with E-state index < -0.39 is 0 Å². The summed E-state index contributed by atoms with van der Waals surface area (Å²) in [5.41, 5.74) is 1.25. The first-order chi connectivity index (χ1) is 9.35. The van der Waals surface area contributed by atoms with E-state index in [0.717, 1.165) is 5.75 Å². The third-order valence-corrected chi connectivity index (χ3v) is 3.49. The van der Waals surface area contributed by atoms with Gasteiger partial charge in [-0.1, -0.05) is 42.1 Å². The van der Waals surface area contributed by atoms with Crippen molar-refractivity contribution in [3.05, 3.63) is 48.2 Å². The molecule has 96 valence electrons. The quantitative estimate of drug-likeness (QED) is 0.683. The molecule has 6 heteroatoms. The molecule has 2 heterocycles. The van der Waals surface area contributed by atoms with Crippen LogP contribution >= 0.6 is 11.8 Å². The van der Waals surface area contributed by atoms with E-state index in [1.165, 1.54) is 5.56 Å². The highest BCUT2D eigenvalue weighted by molar-refractivity contribution is 7.98. The van der Waals surface area contributed by atoms with Crippen molar-refractivity contribution in [2.24, 2.45) is 0 Å². The number of methoxy groups -OCH3 is 1.